The second-order valence-electron chi connectivity index (χ2n) is 6.58. The molecule has 0 aliphatic carbocycles. The molecular weight excluding hydrogens is 338 g/mol. The molecule has 0 aromatic heterocycles. The molecule has 0 spiro atoms. The minimum absolute atomic E-state index is 0.260. The van der Waals surface area contributed by atoms with Crippen LogP contribution in [0.25, 0.3) is 0 Å². The Morgan fingerprint density at radius 2 is 1.69 bits per heavy atom. The van der Waals surface area contributed by atoms with Gasteiger partial charge in [0, 0.05) is 13.1 Å². The molecule has 2 saturated heterocycles. The van der Waals surface area contributed by atoms with Crippen LogP contribution in [0.2, 0.25) is 0 Å². The fourth-order valence-electron chi connectivity index (χ4n) is 3.10. The minimum atomic E-state index is -0.982. The van der Waals surface area contributed by atoms with Crippen molar-refractivity contribution >= 4 is 29.4 Å². The van der Waals surface area contributed by atoms with Crippen molar-refractivity contribution in [2.75, 3.05) is 31.6 Å². The molecular formula is C18H21N3O5. The molecule has 26 heavy (non-hydrogen) atoms. The average molecular weight is 359 g/mol. The number of hydrogen-bond acceptors (Lipinski definition) is 5. The van der Waals surface area contributed by atoms with Gasteiger partial charge in [0.1, 0.15) is 12.3 Å². The molecule has 1 aromatic carbocycles. The monoisotopic (exact) mass is 359 g/mol. The molecule has 2 aliphatic rings. The first-order valence-electron chi connectivity index (χ1n) is 8.54. The molecule has 0 bridgehead atoms. The van der Waals surface area contributed by atoms with Crippen LogP contribution >= 0.6 is 0 Å². The van der Waals surface area contributed by atoms with E-state index in [9.17, 15) is 19.2 Å². The van der Waals surface area contributed by atoms with Gasteiger partial charge < -0.3 is 9.64 Å². The first-order valence-corrected chi connectivity index (χ1v) is 8.54. The lowest BCUT2D eigenvalue weighted by Crippen LogP contribution is -2.46. The van der Waals surface area contributed by atoms with E-state index in [0.717, 1.165) is 17.7 Å². The Morgan fingerprint density at radius 1 is 1.08 bits per heavy atom. The molecule has 5 amide bonds. The van der Waals surface area contributed by atoms with Gasteiger partial charge in [0.15, 0.2) is 0 Å². The van der Waals surface area contributed by atoms with Gasteiger partial charge in [-0.3, -0.25) is 14.4 Å². The van der Waals surface area contributed by atoms with Gasteiger partial charge in [-0.25, -0.2) is 14.6 Å². The van der Waals surface area contributed by atoms with E-state index >= 15 is 0 Å². The summed E-state index contributed by atoms with van der Waals surface area (Å²) in [6.07, 6.45) is 1.79. The molecule has 0 saturated carbocycles. The van der Waals surface area contributed by atoms with Crippen LogP contribution in [0.4, 0.5) is 10.5 Å². The molecule has 3 rings (SSSR count). The van der Waals surface area contributed by atoms with Crippen molar-refractivity contribution in [1.29, 1.82) is 0 Å². The highest BCUT2D eigenvalue weighted by atomic mass is 16.5. The maximum absolute atomic E-state index is 12.6. The van der Waals surface area contributed by atoms with Gasteiger partial charge in [-0.15, -0.1) is 0 Å². The van der Waals surface area contributed by atoms with Crippen molar-refractivity contribution in [3.63, 3.8) is 0 Å². The number of rotatable bonds is 4. The number of nitrogens with zero attached hydrogens (tertiary/aromatic N) is 3. The second kappa shape index (κ2) is 7.15. The third kappa shape index (κ3) is 3.26. The predicted octanol–water partition coefficient (Wildman–Crippen LogP) is 1.25. The molecule has 2 fully saturated rings. The lowest BCUT2D eigenvalue weighted by molar-refractivity contribution is -0.142. The Labute approximate surface area is 151 Å². The number of benzene rings is 1. The van der Waals surface area contributed by atoms with E-state index < -0.39 is 24.4 Å². The number of ether oxygens (including phenoxy) is 1. The highest BCUT2D eigenvalue weighted by molar-refractivity contribution is 6.53. The Morgan fingerprint density at radius 3 is 2.27 bits per heavy atom. The molecule has 8 heteroatoms. The van der Waals surface area contributed by atoms with Crippen molar-refractivity contribution in [2.45, 2.75) is 19.8 Å². The second-order valence-corrected chi connectivity index (χ2v) is 6.58. The van der Waals surface area contributed by atoms with Crippen LogP contribution in [0, 0.1) is 5.92 Å². The maximum atomic E-state index is 12.6. The zero-order chi connectivity index (χ0) is 18.8. The summed E-state index contributed by atoms with van der Waals surface area (Å²) in [5.41, 5.74) is 0.260. The lowest BCUT2D eigenvalue weighted by Gasteiger charge is -2.31. The van der Waals surface area contributed by atoms with E-state index in [1.165, 1.54) is 19.2 Å². The first kappa shape index (κ1) is 17.9. The summed E-state index contributed by atoms with van der Waals surface area (Å²) in [6.45, 7) is 2.92. The Balaban J connectivity index is 1.72. The van der Waals surface area contributed by atoms with Crippen LogP contribution in [0.5, 0.6) is 5.75 Å². The summed E-state index contributed by atoms with van der Waals surface area (Å²) in [4.78, 5) is 52.6. The summed E-state index contributed by atoms with van der Waals surface area (Å²) in [6, 6.07) is 5.40. The number of likely N-dealkylation sites (tertiary alicyclic amines) is 1. The Bertz CT molecular complexity index is 738. The van der Waals surface area contributed by atoms with E-state index in [0.29, 0.717) is 29.7 Å². The zero-order valence-electron chi connectivity index (χ0n) is 14.8. The topological polar surface area (TPSA) is 87.2 Å². The van der Waals surface area contributed by atoms with Crippen LogP contribution in [0.15, 0.2) is 24.3 Å². The number of amides is 5. The van der Waals surface area contributed by atoms with Crippen LogP contribution < -0.4 is 9.64 Å². The molecule has 138 valence electrons. The predicted molar refractivity (Wildman–Crippen MR) is 92.6 cm³/mol. The van der Waals surface area contributed by atoms with Gasteiger partial charge in [0.25, 0.3) is 0 Å². The van der Waals surface area contributed by atoms with E-state index in [1.807, 2.05) is 0 Å². The number of hydrogen-bond donors (Lipinski definition) is 0. The van der Waals surface area contributed by atoms with E-state index in [1.54, 1.807) is 17.0 Å². The number of carbonyl (C=O) groups excluding carboxylic acids is 4. The van der Waals surface area contributed by atoms with Gasteiger partial charge in [-0.2, -0.15) is 0 Å². The summed E-state index contributed by atoms with van der Waals surface area (Å²) in [5, 5.41) is 0. The van der Waals surface area contributed by atoms with Gasteiger partial charge in [-0.05, 0) is 43.0 Å². The van der Waals surface area contributed by atoms with Crippen molar-refractivity contribution in [3.8, 4) is 5.75 Å². The summed E-state index contributed by atoms with van der Waals surface area (Å²) < 4.78 is 5.04. The molecule has 1 aromatic rings. The Hall–Kier alpha value is -2.90. The van der Waals surface area contributed by atoms with Gasteiger partial charge >= 0.3 is 17.8 Å². The number of anilines is 1. The summed E-state index contributed by atoms with van der Waals surface area (Å²) >= 11 is 0. The van der Waals surface area contributed by atoms with Crippen LogP contribution in [-0.4, -0.2) is 60.3 Å². The van der Waals surface area contributed by atoms with Crippen LogP contribution in [0.1, 0.15) is 19.8 Å². The number of carbonyl (C=O) groups is 4. The van der Waals surface area contributed by atoms with Gasteiger partial charge in [0.2, 0.25) is 5.91 Å². The van der Waals surface area contributed by atoms with Crippen molar-refractivity contribution < 1.29 is 23.9 Å². The third-order valence-electron chi connectivity index (χ3n) is 4.81. The Kier molecular flexibility index (Phi) is 4.92. The van der Waals surface area contributed by atoms with E-state index in [4.69, 9.17) is 4.74 Å². The molecule has 0 atom stereocenters. The van der Waals surface area contributed by atoms with Crippen molar-refractivity contribution in [3.05, 3.63) is 24.3 Å². The highest BCUT2D eigenvalue weighted by Crippen LogP contribution is 2.25. The molecule has 2 heterocycles. The smallest absolute Gasteiger partial charge is 0.339 e. The van der Waals surface area contributed by atoms with Gasteiger partial charge in [0.05, 0.1) is 12.8 Å². The lowest BCUT2D eigenvalue weighted by atomic mass is 9.99. The van der Waals surface area contributed by atoms with Crippen LogP contribution in [0.3, 0.4) is 0 Å². The number of imide groups is 2. The standard InChI is InChI=1S/C18H21N3O5/c1-12-7-9-19(10-8-12)15(22)11-20-16(23)17(24)21(18(20)25)13-3-5-14(26-2)6-4-13/h3-6,12H,7-11H2,1-2H3. The molecule has 2 aliphatic heterocycles. The molecule has 0 radical (unpaired) electrons. The molecule has 0 N–H and O–H groups in total. The largest absolute Gasteiger partial charge is 0.497 e. The summed E-state index contributed by atoms with van der Waals surface area (Å²) in [5.74, 6) is -1.14. The first-order chi connectivity index (χ1) is 12.4. The zero-order valence-corrected chi connectivity index (χ0v) is 14.8. The highest BCUT2D eigenvalue weighted by Gasteiger charge is 2.46. The van der Waals surface area contributed by atoms with Crippen molar-refractivity contribution in [2.24, 2.45) is 5.92 Å². The minimum Gasteiger partial charge on any atom is -0.497 e. The number of urea groups is 1. The van der Waals surface area contributed by atoms with E-state index in [-0.39, 0.29) is 11.6 Å². The fourth-order valence-corrected chi connectivity index (χ4v) is 3.10. The van der Waals surface area contributed by atoms with E-state index in [2.05, 4.69) is 6.92 Å². The third-order valence-corrected chi connectivity index (χ3v) is 4.81. The average Bonchev–Trinajstić information content (AvgIpc) is 2.86. The summed E-state index contributed by atoms with van der Waals surface area (Å²) in [7, 11) is 1.50. The van der Waals surface area contributed by atoms with Gasteiger partial charge in [-0.1, -0.05) is 6.92 Å². The number of methoxy groups -OCH3 is 1. The normalized spacial score (nSPS) is 18.7. The van der Waals surface area contributed by atoms with Crippen molar-refractivity contribution in [1.82, 2.24) is 9.80 Å². The number of piperidine rings is 1. The maximum Gasteiger partial charge on any atom is 0.339 e. The van der Waals surface area contributed by atoms with Crippen LogP contribution in [-0.2, 0) is 14.4 Å². The molecule has 8 nitrogen and oxygen atoms in total. The fraction of sp³-hybridized carbons (Fsp3) is 0.444. The molecule has 0 unspecified atom stereocenters. The quantitative estimate of drug-likeness (QED) is 0.596. The SMILES string of the molecule is COc1ccc(N2C(=O)C(=O)N(CC(=O)N3CCC(C)CC3)C2=O)cc1.